The average molecular weight is 434 g/mol. The fourth-order valence-electron chi connectivity index (χ4n) is 3.33. The Morgan fingerprint density at radius 3 is 2.57 bits per heavy atom. The molecule has 0 amide bonds. The Labute approximate surface area is 179 Å². The minimum Gasteiger partial charge on any atom is -0.332 e. The summed E-state index contributed by atoms with van der Waals surface area (Å²) < 4.78 is 40.9. The van der Waals surface area contributed by atoms with Gasteiger partial charge in [-0.1, -0.05) is 45.1 Å². The quantitative estimate of drug-likeness (QED) is 0.331. The summed E-state index contributed by atoms with van der Waals surface area (Å²) >= 11 is 1.35. The zero-order chi connectivity index (χ0) is 21.4. The van der Waals surface area contributed by atoms with Crippen molar-refractivity contribution in [2.45, 2.75) is 58.0 Å². The number of nitrogens with one attached hydrogen (secondary N) is 1. The van der Waals surface area contributed by atoms with Crippen LogP contribution in [0.25, 0.3) is 11.3 Å². The van der Waals surface area contributed by atoms with Gasteiger partial charge in [-0.3, -0.25) is 4.98 Å². The molecular weight excluding hydrogens is 407 g/mol. The van der Waals surface area contributed by atoms with Gasteiger partial charge in [-0.25, -0.2) is 4.98 Å². The first-order valence-electron chi connectivity index (χ1n) is 10.3. The van der Waals surface area contributed by atoms with Crippen LogP contribution in [0.2, 0.25) is 0 Å². The van der Waals surface area contributed by atoms with Crippen LogP contribution in [0.4, 0.5) is 24.0 Å². The Morgan fingerprint density at radius 2 is 1.83 bits per heavy atom. The van der Waals surface area contributed by atoms with Crippen LogP contribution in [-0.4, -0.2) is 9.97 Å². The molecule has 3 rings (SSSR count). The van der Waals surface area contributed by atoms with Gasteiger partial charge >= 0.3 is 6.18 Å². The predicted octanol–water partition coefficient (Wildman–Crippen LogP) is 7.87. The van der Waals surface area contributed by atoms with Crippen LogP contribution in [0.3, 0.4) is 0 Å². The van der Waals surface area contributed by atoms with E-state index in [1.807, 2.05) is 17.5 Å². The molecule has 0 fully saturated rings. The van der Waals surface area contributed by atoms with Gasteiger partial charge in [0.15, 0.2) is 5.13 Å². The van der Waals surface area contributed by atoms with Crippen molar-refractivity contribution < 1.29 is 13.2 Å². The van der Waals surface area contributed by atoms with Crippen LogP contribution in [-0.2, 0) is 12.6 Å². The van der Waals surface area contributed by atoms with Gasteiger partial charge in [-0.05, 0) is 42.7 Å². The predicted molar refractivity (Wildman–Crippen MR) is 117 cm³/mol. The zero-order valence-electron chi connectivity index (χ0n) is 17.0. The van der Waals surface area contributed by atoms with Crippen molar-refractivity contribution in [3.8, 4) is 11.3 Å². The van der Waals surface area contributed by atoms with E-state index in [1.54, 1.807) is 24.5 Å². The van der Waals surface area contributed by atoms with Crippen molar-refractivity contribution >= 4 is 22.2 Å². The highest BCUT2D eigenvalue weighted by Gasteiger charge is 2.33. The Balaban J connectivity index is 1.68. The molecule has 1 N–H and O–H groups in total. The van der Waals surface area contributed by atoms with Gasteiger partial charge in [-0.2, -0.15) is 13.2 Å². The number of alkyl halides is 3. The van der Waals surface area contributed by atoms with E-state index in [1.165, 1.54) is 23.8 Å². The fourth-order valence-corrected chi connectivity index (χ4v) is 4.07. The van der Waals surface area contributed by atoms with Crippen molar-refractivity contribution in [3.05, 3.63) is 59.2 Å². The second-order valence-corrected chi connectivity index (χ2v) is 8.15. The molecular formula is C23H26F3N3S. The number of aryl methyl sites for hydroxylation is 1. The summed E-state index contributed by atoms with van der Waals surface area (Å²) in [6, 6.07) is 8.20. The second-order valence-electron chi connectivity index (χ2n) is 7.29. The highest BCUT2D eigenvalue weighted by Crippen LogP contribution is 2.36. The Hall–Kier alpha value is -2.41. The van der Waals surface area contributed by atoms with E-state index < -0.39 is 11.7 Å². The molecule has 0 aliphatic rings. The number of aromatic nitrogens is 2. The third kappa shape index (κ3) is 6.29. The van der Waals surface area contributed by atoms with Crippen molar-refractivity contribution in [2.75, 3.05) is 5.32 Å². The first-order chi connectivity index (χ1) is 14.5. The molecule has 0 atom stereocenters. The molecule has 0 aliphatic carbocycles. The van der Waals surface area contributed by atoms with Crippen LogP contribution < -0.4 is 5.32 Å². The fraction of sp³-hybridized carbons (Fsp3) is 0.391. The van der Waals surface area contributed by atoms with Gasteiger partial charge in [-0.15, -0.1) is 11.3 Å². The van der Waals surface area contributed by atoms with Crippen molar-refractivity contribution in [1.82, 2.24) is 9.97 Å². The van der Waals surface area contributed by atoms with Gasteiger partial charge in [0, 0.05) is 29.0 Å². The van der Waals surface area contributed by atoms with Gasteiger partial charge in [0.25, 0.3) is 0 Å². The molecule has 0 saturated heterocycles. The summed E-state index contributed by atoms with van der Waals surface area (Å²) in [6.07, 6.45) is 5.79. The number of anilines is 2. The molecule has 7 heteroatoms. The van der Waals surface area contributed by atoms with E-state index in [0.29, 0.717) is 22.8 Å². The number of rotatable bonds is 10. The highest BCUT2D eigenvalue weighted by atomic mass is 32.1. The largest absolute Gasteiger partial charge is 0.416 e. The lowest BCUT2D eigenvalue weighted by Crippen LogP contribution is -2.10. The van der Waals surface area contributed by atoms with E-state index in [2.05, 4.69) is 22.2 Å². The number of nitrogens with zero attached hydrogens (tertiary/aromatic N) is 2. The van der Waals surface area contributed by atoms with E-state index >= 15 is 0 Å². The third-order valence-corrected chi connectivity index (χ3v) is 5.69. The molecule has 3 nitrogen and oxygen atoms in total. The molecule has 1 aromatic carbocycles. The monoisotopic (exact) mass is 433 g/mol. The number of hydrogen-bond donors (Lipinski definition) is 1. The maximum absolute atomic E-state index is 13.6. The van der Waals surface area contributed by atoms with Crippen LogP contribution in [0, 0.1) is 0 Å². The topological polar surface area (TPSA) is 37.8 Å². The minimum absolute atomic E-state index is 0.360. The molecule has 0 saturated carbocycles. The van der Waals surface area contributed by atoms with E-state index in [9.17, 15) is 13.2 Å². The Morgan fingerprint density at radius 1 is 1.03 bits per heavy atom. The Kier molecular flexibility index (Phi) is 7.85. The van der Waals surface area contributed by atoms with E-state index in [4.69, 9.17) is 0 Å². The van der Waals surface area contributed by atoms with Crippen molar-refractivity contribution in [1.29, 1.82) is 0 Å². The van der Waals surface area contributed by atoms with Crippen LogP contribution in [0.5, 0.6) is 0 Å². The third-order valence-electron chi connectivity index (χ3n) is 4.93. The molecule has 2 heterocycles. The number of unbranched alkanes of at least 4 members (excludes halogenated alkanes) is 5. The summed E-state index contributed by atoms with van der Waals surface area (Å²) in [5, 5.41) is 5.42. The number of thiazole rings is 1. The van der Waals surface area contributed by atoms with Gasteiger partial charge < -0.3 is 5.32 Å². The summed E-state index contributed by atoms with van der Waals surface area (Å²) in [5.41, 5.74) is 1.79. The lowest BCUT2D eigenvalue weighted by atomic mass is 9.99. The number of pyridine rings is 1. The Bertz CT molecular complexity index is 923. The zero-order valence-corrected chi connectivity index (χ0v) is 17.8. The van der Waals surface area contributed by atoms with Crippen LogP contribution in [0.15, 0.2) is 48.1 Å². The molecule has 0 radical (unpaired) electrons. The molecule has 160 valence electrons. The molecule has 2 aromatic heterocycles. The van der Waals surface area contributed by atoms with Crippen LogP contribution in [0.1, 0.15) is 56.6 Å². The first kappa shape index (κ1) is 22.3. The van der Waals surface area contributed by atoms with E-state index in [-0.39, 0.29) is 0 Å². The van der Waals surface area contributed by atoms with Gasteiger partial charge in [0.1, 0.15) is 0 Å². The maximum atomic E-state index is 13.6. The number of halogens is 3. The minimum atomic E-state index is -4.38. The summed E-state index contributed by atoms with van der Waals surface area (Å²) in [6.45, 7) is 2.15. The summed E-state index contributed by atoms with van der Waals surface area (Å²) in [4.78, 5) is 8.53. The molecule has 0 aliphatic heterocycles. The van der Waals surface area contributed by atoms with Gasteiger partial charge in [0.2, 0.25) is 0 Å². The van der Waals surface area contributed by atoms with Gasteiger partial charge in [0.05, 0.1) is 11.3 Å². The van der Waals surface area contributed by atoms with Crippen molar-refractivity contribution in [2.24, 2.45) is 0 Å². The second kappa shape index (κ2) is 10.6. The lowest BCUT2D eigenvalue weighted by Gasteiger charge is -2.15. The number of hydrogen-bond acceptors (Lipinski definition) is 4. The standard InChI is InChI=1S/C23H26F3N3S/c1-2-3-4-5-6-7-9-17-11-12-19(14-20(17)23(24,25)26)28-22-29-21(16-30-22)18-10-8-13-27-15-18/h8,10-16H,2-7,9H2,1H3,(H,28,29). The molecule has 3 aromatic rings. The molecule has 0 unspecified atom stereocenters. The molecule has 0 bridgehead atoms. The van der Waals surface area contributed by atoms with Crippen molar-refractivity contribution in [3.63, 3.8) is 0 Å². The maximum Gasteiger partial charge on any atom is 0.416 e. The first-order valence-corrected chi connectivity index (χ1v) is 11.2. The summed E-state index contributed by atoms with van der Waals surface area (Å²) in [5.74, 6) is 0. The van der Waals surface area contributed by atoms with Crippen LogP contribution >= 0.6 is 11.3 Å². The highest BCUT2D eigenvalue weighted by molar-refractivity contribution is 7.14. The smallest absolute Gasteiger partial charge is 0.332 e. The number of benzene rings is 1. The average Bonchev–Trinajstić information content (AvgIpc) is 3.20. The molecule has 30 heavy (non-hydrogen) atoms. The SMILES string of the molecule is CCCCCCCCc1ccc(Nc2nc(-c3cccnc3)cs2)cc1C(F)(F)F. The van der Waals surface area contributed by atoms with E-state index in [0.717, 1.165) is 43.4 Å². The summed E-state index contributed by atoms with van der Waals surface area (Å²) in [7, 11) is 0. The molecule has 0 spiro atoms. The normalized spacial score (nSPS) is 11.6. The lowest BCUT2D eigenvalue weighted by molar-refractivity contribution is -0.138.